The quantitative estimate of drug-likeness (QED) is 0.723. The molecule has 0 aromatic heterocycles. The molecule has 1 aliphatic carbocycles. The number of aliphatic hydroxyl groups excluding tert-OH is 1. The largest absolute Gasteiger partial charge is 0.455 e. The third kappa shape index (κ3) is 1.79. The van der Waals surface area contributed by atoms with Crippen LogP contribution >= 0.6 is 0 Å². The Balaban J connectivity index is 1.68. The third-order valence-electron chi connectivity index (χ3n) is 5.86. The zero-order valence-corrected chi connectivity index (χ0v) is 12.9. The van der Waals surface area contributed by atoms with Crippen LogP contribution in [0, 0.1) is 5.92 Å². The SMILES string of the molecule is CN1CC[C@H]2C[C@H](O)[C@@H]3OC(=O)c4cc5c(cc4[C@@H]3[C@H]21)OCO5. The van der Waals surface area contributed by atoms with E-state index in [0.29, 0.717) is 29.4 Å². The van der Waals surface area contributed by atoms with E-state index in [2.05, 4.69) is 11.9 Å². The Kier molecular flexibility index (Phi) is 2.73. The lowest BCUT2D eigenvalue weighted by Gasteiger charge is -2.47. The van der Waals surface area contributed by atoms with Crippen molar-refractivity contribution < 1.29 is 24.1 Å². The molecular weight excluding hydrogens is 298 g/mol. The number of aliphatic hydroxyl groups is 1. The molecule has 5 atom stereocenters. The lowest BCUT2D eigenvalue weighted by Crippen LogP contribution is -2.54. The zero-order valence-electron chi connectivity index (χ0n) is 12.9. The molecule has 1 saturated carbocycles. The number of benzene rings is 1. The van der Waals surface area contributed by atoms with Gasteiger partial charge in [0, 0.05) is 12.0 Å². The van der Waals surface area contributed by atoms with Crippen LogP contribution in [-0.2, 0) is 4.74 Å². The van der Waals surface area contributed by atoms with Crippen LogP contribution in [0.3, 0.4) is 0 Å². The number of esters is 1. The maximum absolute atomic E-state index is 12.4. The van der Waals surface area contributed by atoms with Crippen LogP contribution in [0.5, 0.6) is 11.5 Å². The molecule has 23 heavy (non-hydrogen) atoms. The molecule has 6 nitrogen and oxygen atoms in total. The number of likely N-dealkylation sites (N-methyl/N-ethyl adjacent to an activating group) is 1. The Bertz CT molecular complexity index is 690. The molecule has 0 spiro atoms. The molecule has 122 valence electrons. The molecule has 1 aromatic carbocycles. The Morgan fingerprint density at radius 2 is 2.04 bits per heavy atom. The monoisotopic (exact) mass is 317 g/mol. The molecule has 6 heteroatoms. The Morgan fingerprint density at radius 3 is 2.87 bits per heavy atom. The highest BCUT2D eigenvalue weighted by molar-refractivity contribution is 5.94. The van der Waals surface area contributed by atoms with E-state index < -0.39 is 12.2 Å². The fraction of sp³-hybridized carbons (Fsp3) is 0.588. The highest BCUT2D eigenvalue weighted by Gasteiger charge is 2.53. The summed E-state index contributed by atoms with van der Waals surface area (Å²) in [5.41, 5.74) is 1.47. The fourth-order valence-electron chi connectivity index (χ4n) is 4.86. The number of fused-ring (bicyclic) bond motifs is 6. The van der Waals surface area contributed by atoms with Crippen LogP contribution in [0.15, 0.2) is 12.1 Å². The maximum Gasteiger partial charge on any atom is 0.338 e. The van der Waals surface area contributed by atoms with Crippen LogP contribution in [-0.4, -0.2) is 54.6 Å². The molecule has 2 fully saturated rings. The lowest BCUT2D eigenvalue weighted by molar-refractivity contribution is -0.0778. The minimum atomic E-state index is -0.602. The van der Waals surface area contributed by atoms with Crippen LogP contribution in [0.4, 0.5) is 0 Å². The standard InChI is InChI=1S/C17H19NO5/c1-18-3-2-8-4-11(19)16-14(15(8)18)9-5-12-13(22-7-21-12)6-10(9)17(20)23-16/h5-6,8,11,14-16,19H,2-4,7H2,1H3/t8-,11-,14+,15-,16-/m0/s1. The summed E-state index contributed by atoms with van der Waals surface area (Å²) in [6.45, 7) is 1.19. The van der Waals surface area contributed by atoms with Gasteiger partial charge in [0.2, 0.25) is 6.79 Å². The number of ether oxygens (including phenoxy) is 3. The zero-order chi connectivity index (χ0) is 15.7. The summed E-state index contributed by atoms with van der Waals surface area (Å²) in [6, 6.07) is 3.92. The number of rotatable bonds is 0. The number of carbonyl (C=O) groups excluding carboxylic acids is 1. The number of carbonyl (C=O) groups is 1. The fourth-order valence-corrected chi connectivity index (χ4v) is 4.86. The molecule has 1 aromatic rings. The smallest absolute Gasteiger partial charge is 0.338 e. The second kappa shape index (κ2) is 4.61. The van der Waals surface area contributed by atoms with Gasteiger partial charge in [0.15, 0.2) is 11.5 Å². The van der Waals surface area contributed by atoms with Gasteiger partial charge < -0.3 is 24.2 Å². The van der Waals surface area contributed by atoms with Gasteiger partial charge in [-0.1, -0.05) is 0 Å². The van der Waals surface area contributed by atoms with Crippen molar-refractivity contribution in [2.24, 2.45) is 5.92 Å². The van der Waals surface area contributed by atoms with E-state index in [1.165, 1.54) is 0 Å². The predicted molar refractivity (Wildman–Crippen MR) is 79.7 cm³/mol. The Morgan fingerprint density at radius 1 is 1.26 bits per heavy atom. The van der Waals surface area contributed by atoms with Crippen molar-refractivity contribution in [3.8, 4) is 11.5 Å². The first-order valence-corrected chi connectivity index (χ1v) is 8.16. The van der Waals surface area contributed by atoms with Gasteiger partial charge in [-0.2, -0.15) is 0 Å². The van der Waals surface area contributed by atoms with E-state index in [9.17, 15) is 9.90 Å². The van der Waals surface area contributed by atoms with Gasteiger partial charge in [0.25, 0.3) is 0 Å². The van der Waals surface area contributed by atoms with Crippen molar-refractivity contribution in [3.63, 3.8) is 0 Å². The molecule has 0 unspecified atom stereocenters. The maximum atomic E-state index is 12.4. The molecule has 1 saturated heterocycles. The van der Waals surface area contributed by atoms with Crippen LogP contribution in [0.1, 0.15) is 34.7 Å². The topological polar surface area (TPSA) is 68.2 Å². The summed E-state index contributed by atoms with van der Waals surface area (Å²) in [6.07, 6.45) is 0.700. The normalized spacial score (nSPS) is 37.8. The predicted octanol–water partition coefficient (Wildman–Crippen LogP) is 1.12. The summed E-state index contributed by atoms with van der Waals surface area (Å²) in [7, 11) is 2.11. The number of likely N-dealkylation sites (tertiary alicyclic amines) is 1. The number of hydrogen-bond acceptors (Lipinski definition) is 6. The van der Waals surface area contributed by atoms with E-state index in [0.717, 1.165) is 18.5 Å². The van der Waals surface area contributed by atoms with Crippen LogP contribution in [0.2, 0.25) is 0 Å². The van der Waals surface area contributed by atoms with Gasteiger partial charge in [-0.25, -0.2) is 4.79 Å². The summed E-state index contributed by atoms with van der Waals surface area (Å²) < 4.78 is 16.5. The molecule has 5 rings (SSSR count). The van der Waals surface area contributed by atoms with Crippen molar-refractivity contribution in [2.45, 2.75) is 37.0 Å². The van der Waals surface area contributed by atoms with Gasteiger partial charge >= 0.3 is 5.97 Å². The number of hydrogen-bond donors (Lipinski definition) is 1. The minimum absolute atomic E-state index is 0.0153. The van der Waals surface area contributed by atoms with E-state index in [-0.39, 0.29) is 24.7 Å². The number of nitrogens with zero attached hydrogens (tertiary/aromatic N) is 1. The summed E-state index contributed by atoms with van der Waals surface area (Å²) in [5.74, 6) is 1.31. The van der Waals surface area contributed by atoms with Crippen molar-refractivity contribution in [3.05, 3.63) is 23.3 Å². The van der Waals surface area contributed by atoms with Crippen molar-refractivity contribution in [1.82, 2.24) is 4.90 Å². The second-order valence-corrected chi connectivity index (χ2v) is 7.01. The first-order chi connectivity index (χ1) is 11.1. The van der Waals surface area contributed by atoms with E-state index in [1.807, 2.05) is 6.07 Å². The highest BCUT2D eigenvalue weighted by atomic mass is 16.7. The van der Waals surface area contributed by atoms with Crippen LogP contribution < -0.4 is 9.47 Å². The Hall–Kier alpha value is -1.79. The molecule has 0 bridgehead atoms. The first-order valence-electron chi connectivity index (χ1n) is 8.16. The van der Waals surface area contributed by atoms with Gasteiger partial charge in [0.05, 0.1) is 11.7 Å². The molecule has 1 N–H and O–H groups in total. The summed E-state index contributed by atoms with van der Waals surface area (Å²) in [4.78, 5) is 14.8. The molecule has 0 amide bonds. The van der Waals surface area contributed by atoms with Crippen LogP contribution in [0.25, 0.3) is 0 Å². The molecule has 0 radical (unpaired) electrons. The molecule has 3 aliphatic heterocycles. The third-order valence-corrected chi connectivity index (χ3v) is 5.86. The molecular formula is C17H19NO5. The average Bonchev–Trinajstić information content (AvgIpc) is 3.13. The van der Waals surface area contributed by atoms with E-state index in [4.69, 9.17) is 14.2 Å². The van der Waals surface area contributed by atoms with E-state index >= 15 is 0 Å². The van der Waals surface area contributed by atoms with Gasteiger partial charge in [-0.3, -0.25) is 0 Å². The van der Waals surface area contributed by atoms with Gasteiger partial charge in [0.1, 0.15) is 6.10 Å². The first kappa shape index (κ1) is 13.6. The van der Waals surface area contributed by atoms with Crippen molar-refractivity contribution in [1.29, 1.82) is 0 Å². The van der Waals surface area contributed by atoms with Gasteiger partial charge in [-0.15, -0.1) is 0 Å². The van der Waals surface area contributed by atoms with E-state index in [1.54, 1.807) is 6.07 Å². The average molecular weight is 317 g/mol. The Labute approximate surface area is 133 Å². The summed E-state index contributed by atoms with van der Waals surface area (Å²) >= 11 is 0. The van der Waals surface area contributed by atoms with Crippen molar-refractivity contribution >= 4 is 5.97 Å². The molecule has 4 aliphatic rings. The molecule has 3 heterocycles. The lowest BCUT2D eigenvalue weighted by atomic mass is 9.69. The van der Waals surface area contributed by atoms with Gasteiger partial charge in [-0.05, 0) is 50.0 Å². The van der Waals surface area contributed by atoms with Crippen molar-refractivity contribution in [2.75, 3.05) is 20.4 Å². The second-order valence-electron chi connectivity index (χ2n) is 7.01. The minimum Gasteiger partial charge on any atom is -0.455 e. The highest BCUT2D eigenvalue weighted by Crippen LogP contribution is 2.50. The summed E-state index contributed by atoms with van der Waals surface area (Å²) in [5, 5.41) is 10.5.